The summed E-state index contributed by atoms with van der Waals surface area (Å²) in [4.78, 5) is 11.9. The van der Waals surface area contributed by atoms with Gasteiger partial charge < -0.3 is 9.50 Å². The molecule has 164 valence electrons. The van der Waals surface area contributed by atoms with E-state index in [4.69, 9.17) is 4.18 Å². The fourth-order valence-electron chi connectivity index (χ4n) is 2.70. The van der Waals surface area contributed by atoms with E-state index < -0.39 is 14.9 Å². The van der Waals surface area contributed by atoms with Crippen molar-refractivity contribution in [2.75, 3.05) is 0 Å². The molecule has 0 radical (unpaired) electrons. The van der Waals surface area contributed by atoms with E-state index in [2.05, 4.69) is 36.3 Å². The van der Waals surface area contributed by atoms with Gasteiger partial charge >= 0.3 is 10.1 Å². The molecule has 0 spiro atoms. The maximum absolute atomic E-state index is 12.8. The van der Waals surface area contributed by atoms with E-state index in [9.17, 15) is 13.2 Å². The van der Waals surface area contributed by atoms with Crippen LogP contribution in [0.3, 0.4) is 0 Å². The third-order valence-electron chi connectivity index (χ3n) is 4.59. The quantitative estimate of drug-likeness (QED) is 0.413. The van der Waals surface area contributed by atoms with Gasteiger partial charge in [0.25, 0.3) is 0 Å². The number of amides is 1. The van der Waals surface area contributed by atoms with Gasteiger partial charge in [0.2, 0.25) is 5.91 Å². The molecule has 1 heterocycles. The van der Waals surface area contributed by atoms with Crippen LogP contribution in [0.5, 0.6) is 5.75 Å². The number of carbonyl (C=O) groups excluding carboxylic acids is 1. The molecule has 1 amide bonds. The van der Waals surface area contributed by atoms with E-state index in [0.717, 1.165) is 5.56 Å². The zero-order valence-electron chi connectivity index (χ0n) is 18.0. The molecule has 1 fully saturated rings. The predicted molar refractivity (Wildman–Crippen MR) is 124 cm³/mol. The van der Waals surface area contributed by atoms with Crippen molar-refractivity contribution >= 4 is 39.2 Å². The van der Waals surface area contributed by atoms with Crippen molar-refractivity contribution < 1.29 is 17.4 Å². The van der Waals surface area contributed by atoms with E-state index in [-0.39, 0.29) is 22.0 Å². The molecule has 2 aromatic rings. The lowest BCUT2D eigenvalue weighted by Crippen LogP contribution is -2.30. The fourth-order valence-corrected chi connectivity index (χ4v) is 4.51. The first-order valence-corrected chi connectivity index (χ1v) is 11.9. The Hall–Kier alpha value is -2.65. The number of nitrogens with zero attached hydrogens (tertiary/aromatic N) is 2. The third kappa shape index (κ3) is 5.54. The van der Waals surface area contributed by atoms with Gasteiger partial charge in [-0.15, -0.1) is 5.10 Å². The number of rotatable bonds is 5. The van der Waals surface area contributed by atoms with Crippen LogP contribution in [0.2, 0.25) is 0 Å². The highest BCUT2D eigenvalue weighted by Crippen LogP contribution is 2.30. The summed E-state index contributed by atoms with van der Waals surface area (Å²) in [6.07, 6.45) is 1.39. The summed E-state index contributed by atoms with van der Waals surface area (Å²) < 4.78 is 30.3. The lowest BCUT2D eigenvalue weighted by molar-refractivity contribution is -0.120. The number of amidine groups is 1. The van der Waals surface area contributed by atoms with Gasteiger partial charge in [-0.1, -0.05) is 56.8 Å². The van der Waals surface area contributed by atoms with Gasteiger partial charge in [0.1, 0.15) is 4.90 Å². The normalized spacial score (nSPS) is 17.8. The Balaban J connectivity index is 1.80. The Morgan fingerprint density at radius 2 is 1.71 bits per heavy atom. The van der Waals surface area contributed by atoms with E-state index in [1.54, 1.807) is 62.4 Å². The molecule has 3 rings (SSSR count). The third-order valence-corrected chi connectivity index (χ3v) is 6.91. The minimum Gasteiger partial charge on any atom is -0.378 e. The molecule has 7 nitrogen and oxygen atoms in total. The van der Waals surface area contributed by atoms with Crippen LogP contribution >= 0.6 is 11.8 Å². The number of thioether (sulfide) groups is 1. The predicted octanol–water partition coefficient (Wildman–Crippen LogP) is 4.08. The second-order valence-electron chi connectivity index (χ2n) is 8.57. The first-order valence-electron chi connectivity index (χ1n) is 9.64. The number of carbonyl (C=O) groups is 1. The Bertz CT molecular complexity index is 1150. The molecule has 0 bridgehead atoms. The van der Waals surface area contributed by atoms with Gasteiger partial charge in [-0.2, -0.15) is 13.5 Å². The van der Waals surface area contributed by atoms with Crippen LogP contribution in [0.25, 0.3) is 0 Å². The number of benzene rings is 2. The second kappa shape index (κ2) is 8.47. The van der Waals surface area contributed by atoms with Gasteiger partial charge in [-0.05, 0) is 49.1 Å². The Kier molecular flexibility index (Phi) is 6.29. The summed E-state index contributed by atoms with van der Waals surface area (Å²) >= 11 is 1.27. The number of para-hydroxylation sites is 1. The van der Waals surface area contributed by atoms with Crippen LogP contribution in [0.1, 0.15) is 45.7 Å². The summed E-state index contributed by atoms with van der Waals surface area (Å²) in [7, 11) is -4.02. The summed E-state index contributed by atoms with van der Waals surface area (Å²) in [6, 6.07) is 13.3. The molecule has 31 heavy (non-hydrogen) atoms. The van der Waals surface area contributed by atoms with Crippen molar-refractivity contribution in [3.63, 3.8) is 0 Å². The van der Waals surface area contributed by atoms with Gasteiger partial charge in [0.05, 0.1) is 11.0 Å². The highest BCUT2D eigenvalue weighted by Gasteiger charge is 2.38. The zero-order chi connectivity index (χ0) is 22.9. The van der Waals surface area contributed by atoms with Crippen molar-refractivity contribution in [3.8, 4) is 5.75 Å². The van der Waals surface area contributed by atoms with E-state index in [1.165, 1.54) is 18.0 Å². The standard InChI is InChI=1S/C22H25N3O4S2/c1-21(2,3)16-10-12-17(13-11-16)31(27,28)29-18-9-7-6-8-15(18)14-23-25-20-24-19(26)22(4,5)30-20/h6-14H,1-5H3,(H,24,25,26). The molecule has 0 saturated carbocycles. The second-order valence-corrected chi connectivity index (χ2v) is 11.7. The average molecular weight is 460 g/mol. The highest BCUT2D eigenvalue weighted by molar-refractivity contribution is 8.16. The monoisotopic (exact) mass is 459 g/mol. The first kappa shape index (κ1) is 23.0. The number of nitrogens with one attached hydrogen (secondary N) is 1. The first-order chi connectivity index (χ1) is 14.4. The molecule has 9 heteroatoms. The summed E-state index contributed by atoms with van der Waals surface area (Å²) in [5.41, 5.74) is 1.38. The van der Waals surface area contributed by atoms with Crippen LogP contribution in [0, 0.1) is 0 Å². The van der Waals surface area contributed by atoms with Crippen molar-refractivity contribution in [2.24, 2.45) is 10.2 Å². The van der Waals surface area contributed by atoms with Gasteiger partial charge in [-0.3, -0.25) is 4.79 Å². The molecule has 2 aromatic carbocycles. The van der Waals surface area contributed by atoms with Crippen molar-refractivity contribution in [2.45, 2.75) is 49.7 Å². The van der Waals surface area contributed by atoms with E-state index in [0.29, 0.717) is 10.7 Å². The van der Waals surface area contributed by atoms with Crippen molar-refractivity contribution in [1.82, 2.24) is 5.32 Å². The maximum atomic E-state index is 12.8. The zero-order valence-corrected chi connectivity index (χ0v) is 19.7. The van der Waals surface area contributed by atoms with E-state index in [1.807, 2.05) is 0 Å². The Morgan fingerprint density at radius 1 is 1.06 bits per heavy atom. The van der Waals surface area contributed by atoms with Crippen LogP contribution in [0.4, 0.5) is 0 Å². The minimum absolute atomic E-state index is 0.0692. The smallest absolute Gasteiger partial charge is 0.339 e. The maximum Gasteiger partial charge on any atom is 0.339 e. The molecule has 0 unspecified atom stereocenters. The molecule has 1 aliphatic heterocycles. The number of hydrogen-bond donors (Lipinski definition) is 1. The summed E-state index contributed by atoms with van der Waals surface area (Å²) in [6.45, 7) is 9.76. The minimum atomic E-state index is -4.02. The molecular weight excluding hydrogens is 434 g/mol. The molecule has 1 saturated heterocycles. The molecule has 0 atom stereocenters. The fraction of sp³-hybridized carbons (Fsp3) is 0.318. The Labute approximate surface area is 187 Å². The number of hydrogen-bond acceptors (Lipinski definition) is 7. The van der Waals surface area contributed by atoms with Crippen molar-refractivity contribution in [3.05, 3.63) is 59.7 Å². The molecule has 1 N–H and O–H groups in total. The van der Waals surface area contributed by atoms with Crippen LogP contribution in [0.15, 0.2) is 63.6 Å². The highest BCUT2D eigenvalue weighted by atomic mass is 32.2. The van der Waals surface area contributed by atoms with Gasteiger partial charge in [0.15, 0.2) is 10.9 Å². The molecule has 1 aliphatic rings. The molecular formula is C22H25N3O4S2. The van der Waals surface area contributed by atoms with Crippen LogP contribution in [-0.4, -0.2) is 30.5 Å². The molecule has 0 aromatic heterocycles. The van der Waals surface area contributed by atoms with Gasteiger partial charge in [-0.25, -0.2) is 0 Å². The SMILES string of the molecule is CC1(C)S/C(=N/N=Cc2ccccc2OS(=O)(=O)c2ccc(C(C)(C)C)cc2)NC1=O. The largest absolute Gasteiger partial charge is 0.378 e. The Morgan fingerprint density at radius 3 is 2.29 bits per heavy atom. The van der Waals surface area contributed by atoms with Crippen LogP contribution < -0.4 is 9.50 Å². The van der Waals surface area contributed by atoms with E-state index >= 15 is 0 Å². The van der Waals surface area contributed by atoms with Crippen molar-refractivity contribution in [1.29, 1.82) is 0 Å². The summed E-state index contributed by atoms with van der Waals surface area (Å²) in [5, 5.41) is 11.0. The average Bonchev–Trinajstić information content (AvgIpc) is 2.94. The van der Waals surface area contributed by atoms with Gasteiger partial charge in [0, 0.05) is 5.56 Å². The topological polar surface area (TPSA) is 97.2 Å². The lowest BCUT2D eigenvalue weighted by Gasteiger charge is -2.19. The lowest BCUT2D eigenvalue weighted by atomic mass is 9.87. The molecule has 0 aliphatic carbocycles. The van der Waals surface area contributed by atoms with Crippen LogP contribution in [-0.2, 0) is 20.3 Å². The summed E-state index contributed by atoms with van der Waals surface area (Å²) in [5.74, 6) is -0.00598.